The van der Waals surface area contributed by atoms with Crippen LogP contribution in [0.2, 0.25) is 5.02 Å². The second kappa shape index (κ2) is 4.12. The molecule has 1 rings (SSSR count). The van der Waals surface area contributed by atoms with Crippen molar-refractivity contribution in [2.75, 3.05) is 0 Å². The highest BCUT2D eigenvalue weighted by atomic mass is 35.5. The third-order valence-corrected chi connectivity index (χ3v) is 1.87. The lowest BCUT2D eigenvalue weighted by Gasteiger charge is -2.20. The third kappa shape index (κ3) is 4.30. The van der Waals surface area contributed by atoms with Crippen LogP contribution in [-0.2, 0) is 6.54 Å². The van der Waals surface area contributed by atoms with Gasteiger partial charge in [0.05, 0.1) is 0 Å². The maximum Gasteiger partial charge on any atom is 0.0488 e. The van der Waals surface area contributed by atoms with E-state index in [2.05, 4.69) is 32.2 Å². The molecule has 1 N–H and O–H groups in total. The summed E-state index contributed by atoms with van der Waals surface area (Å²) in [4.78, 5) is 0. The van der Waals surface area contributed by atoms with Crippen LogP contribution in [0.3, 0.4) is 0 Å². The van der Waals surface area contributed by atoms with E-state index in [1.807, 2.05) is 18.2 Å². The Labute approximate surface area is 85.1 Å². The van der Waals surface area contributed by atoms with Gasteiger partial charge in [0.15, 0.2) is 0 Å². The van der Waals surface area contributed by atoms with Gasteiger partial charge in [0, 0.05) is 23.2 Å². The molecule has 0 atom stereocenters. The van der Waals surface area contributed by atoms with Gasteiger partial charge < -0.3 is 5.32 Å². The van der Waals surface area contributed by atoms with Gasteiger partial charge in [-0.05, 0) is 32.4 Å². The van der Waals surface area contributed by atoms with Crippen molar-refractivity contribution in [3.05, 3.63) is 34.9 Å². The molecule has 1 radical (unpaired) electrons. The first-order chi connectivity index (χ1) is 5.97. The van der Waals surface area contributed by atoms with E-state index in [1.165, 1.54) is 5.56 Å². The molecular weight excluding hydrogens is 182 g/mol. The zero-order valence-corrected chi connectivity index (χ0v) is 9.07. The smallest absolute Gasteiger partial charge is 0.0488 e. The average molecular weight is 197 g/mol. The fourth-order valence-electron chi connectivity index (χ4n) is 0.958. The molecule has 0 unspecified atom stereocenters. The second-order valence-electron chi connectivity index (χ2n) is 4.15. The monoisotopic (exact) mass is 196 g/mol. The number of rotatable bonds is 2. The van der Waals surface area contributed by atoms with Crippen molar-refractivity contribution in [1.29, 1.82) is 0 Å². The first kappa shape index (κ1) is 10.6. The molecule has 0 aliphatic heterocycles. The summed E-state index contributed by atoms with van der Waals surface area (Å²) in [6.07, 6.45) is 0. The van der Waals surface area contributed by atoms with E-state index < -0.39 is 0 Å². The molecule has 0 saturated heterocycles. The van der Waals surface area contributed by atoms with Gasteiger partial charge in [0.25, 0.3) is 0 Å². The number of nitrogens with one attached hydrogen (secondary N) is 1. The minimum Gasteiger partial charge on any atom is -0.308 e. The molecule has 1 nitrogen and oxygen atoms in total. The fraction of sp³-hybridized carbons (Fsp3) is 0.455. The topological polar surface area (TPSA) is 12.0 Å². The van der Waals surface area contributed by atoms with Crippen LogP contribution in [0.15, 0.2) is 18.2 Å². The molecule has 0 aromatic heterocycles. The van der Waals surface area contributed by atoms with Gasteiger partial charge in [-0.2, -0.15) is 0 Å². The van der Waals surface area contributed by atoms with Crippen molar-refractivity contribution in [3.63, 3.8) is 0 Å². The summed E-state index contributed by atoms with van der Waals surface area (Å²) in [5.74, 6) is 0. The summed E-state index contributed by atoms with van der Waals surface area (Å²) >= 11 is 5.81. The Bertz CT molecular complexity index is 276. The summed E-state index contributed by atoms with van der Waals surface area (Å²) in [5, 5.41) is 4.07. The third-order valence-electron chi connectivity index (χ3n) is 1.65. The molecule has 1 aromatic rings. The van der Waals surface area contributed by atoms with E-state index >= 15 is 0 Å². The molecule has 13 heavy (non-hydrogen) atoms. The zero-order valence-electron chi connectivity index (χ0n) is 8.32. The molecule has 0 aliphatic carbocycles. The Kier molecular flexibility index (Phi) is 3.34. The van der Waals surface area contributed by atoms with Crippen LogP contribution in [-0.4, -0.2) is 5.54 Å². The normalized spacial score (nSPS) is 11.7. The maximum absolute atomic E-state index is 5.81. The lowest BCUT2D eigenvalue weighted by Crippen LogP contribution is -2.35. The molecule has 0 saturated carbocycles. The molecule has 0 spiro atoms. The van der Waals surface area contributed by atoms with Crippen LogP contribution in [0.1, 0.15) is 26.3 Å². The van der Waals surface area contributed by atoms with E-state index in [-0.39, 0.29) is 5.54 Å². The van der Waals surface area contributed by atoms with Gasteiger partial charge in [-0.15, -0.1) is 0 Å². The summed E-state index contributed by atoms with van der Waals surface area (Å²) in [6, 6.07) is 8.70. The number of benzene rings is 1. The van der Waals surface area contributed by atoms with Gasteiger partial charge in [-0.3, -0.25) is 0 Å². The van der Waals surface area contributed by atoms with E-state index in [1.54, 1.807) is 0 Å². The van der Waals surface area contributed by atoms with Gasteiger partial charge in [0.1, 0.15) is 0 Å². The van der Waals surface area contributed by atoms with Crippen molar-refractivity contribution < 1.29 is 0 Å². The van der Waals surface area contributed by atoms with Crippen molar-refractivity contribution in [2.45, 2.75) is 32.9 Å². The first-order valence-corrected chi connectivity index (χ1v) is 4.76. The molecule has 0 amide bonds. The predicted molar refractivity (Wildman–Crippen MR) is 56.9 cm³/mol. The maximum atomic E-state index is 5.81. The summed E-state index contributed by atoms with van der Waals surface area (Å²) < 4.78 is 0. The highest BCUT2D eigenvalue weighted by Crippen LogP contribution is 2.10. The zero-order chi connectivity index (χ0) is 9.90. The van der Waals surface area contributed by atoms with Crippen LogP contribution < -0.4 is 5.32 Å². The van der Waals surface area contributed by atoms with E-state index in [9.17, 15) is 0 Å². The van der Waals surface area contributed by atoms with Crippen molar-refractivity contribution in [3.8, 4) is 0 Å². The molecule has 0 aliphatic rings. The van der Waals surface area contributed by atoms with Crippen LogP contribution in [0.25, 0.3) is 0 Å². The molecule has 2 heteroatoms. The van der Waals surface area contributed by atoms with Gasteiger partial charge >= 0.3 is 0 Å². The molecule has 0 fully saturated rings. The summed E-state index contributed by atoms with van der Waals surface area (Å²) in [6.45, 7) is 7.27. The van der Waals surface area contributed by atoms with Crippen LogP contribution in [0.5, 0.6) is 0 Å². The van der Waals surface area contributed by atoms with Crippen LogP contribution in [0, 0.1) is 6.07 Å². The lowest BCUT2D eigenvalue weighted by atomic mass is 10.1. The summed E-state index contributed by atoms with van der Waals surface area (Å²) in [7, 11) is 0. The predicted octanol–water partition coefficient (Wildman–Crippen LogP) is 3.03. The molecule has 0 bridgehead atoms. The summed E-state index contributed by atoms with van der Waals surface area (Å²) in [5.41, 5.74) is 1.34. The highest BCUT2D eigenvalue weighted by Gasteiger charge is 2.07. The SMILES string of the molecule is CC(C)(C)NCc1cc[c]c(Cl)c1. The van der Waals surface area contributed by atoms with Crippen LogP contribution in [0.4, 0.5) is 0 Å². The minimum absolute atomic E-state index is 0.145. The largest absolute Gasteiger partial charge is 0.308 e. The Morgan fingerprint density at radius 1 is 1.46 bits per heavy atom. The van der Waals surface area contributed by atoms with E-state index in [0.717, 1.165) is 6.54 Å². The highest BCUT2D eigenvalue weighted by molar-refractivity contribution is 6.30. The van der Waals surface area contributed by atoms with Gasteiger partial charge in [-0.25, -0.2) is 0 Å². The van der Waals surface area contributed by atoms with E-state index in [0.29, 0.717) is 5.02 Å². The molecule has 1 aromatic carbocycles. The minimum atomic E-state index is 0.145. The molecular formula is C11H15ClN. The van der Waals surface area contributed by atoms with Crippen LogP contribution >= 0.6 is 11.6 Å². The van der Waals surface area contributed by atoms with Crippen molar-refractivity contribution in [2.24, 2.45) is 0 Å². The standard InChI is InChI=1S/C11H15ClN/c1-11(2,3)13-8-9-5-4-6-10(12)7-9/h4-5,7,13H,8H2,1-3H3. The Hall–Kier alpha value is -0.530. The second-order valence-corrected chi connectivity index (χ2v) is 4.56. The first-order valence-electron chi connectivity index (χ1n) is 4.38. The molecule has 71 valence electrons. The average Bonchev–Trinajstić information content (AvgIpc) is 2.00. The van der Waals surface area contributed by atoms with Crippen molar-refractivity contribution in [1.82, 2.24) is 5.32 Å². The van der Waals surface area contributed by atoms with Gasteiger partial charge in [-0.1, -0.05) is 23.7 Å². The fourth-order valence-corrected chi connectivity index (χ4v) is 1.16. The number of halogens is 1. The Morgan fingerprint density at radius 2 is 2.15 bits per heavy atom. The lowest BCUT2D eigenvalue weighted by molar-refractivity contribution is 0.424. The van der Waals surface area contributed by atoms with Crippen molar-refractivity contribution >= 4 is 11.6 Å². The number of hydrogen-bond acceptors (Lipinski definition) is 1. The Balaban J connectivity index is 2.55. The quantitative estimate of drug-likeness (QED) is 0.767. The van der Waals surface area contributed by atoms with E-state index in [4.69, 9.17) is 11.6 Å². The number of hydrogen-bond donors (Lipinski definition) is 1. The Morgan fingerprint density at radius 3 is 2.69 bits per heavy atom. The van der Waals surface area contributed by atoms with Gasteiger partial charge in [0.2, 0.25) is 0 Å². The molecule has 0 heterocycles.